The number of amides is 1. The molecule has 1 fully saturated rings. The van der Waals surface area contributed by atoms with Gasteiger partial charge < -0.3 is 4.90 Å². The third kappa shape index (κ3) is 3.21. The molecule has 1 aliphatic heterocycles. The monoisotopic (exact) mass is 240 g/mol. The Morgan fingerprint density at radius 3 is 2.12 bits per heavy atom. The number of nitrogens with zero attached hydrogens (tertiary/aromatic N) is 1. The highest BCUT2D eigenvalue weighted by Crippen LogP contribution is 2.24. The molecule has 2 atom stereocenters. The highest BCUT2D eigenvalue weighted by Gasteiger charge is 2.37. The van der Waals surface area contributed by atoms with E-state index in [0.717, 1.165) is 13.0 Å². The van der Waals surface area contributed by atoms with Gasteiger partial charge in [0, 0.05) is 6.54 Å². The van der Waals surface area contributed by atoms with E-state index in [1.807, 2.05) is 4.90 Å². The Balaban J connectivity index is 2.70. The smallest absolute Gasteiger partial charge is 0.241 e. The minimum absolute atomic E-state index is 0.0324. The molecule has 1 rings (SSSR count). The van der Waals surface area contributed by atoms with Crippen LogP contribution in [0.5, 0.6) is 0 Å². The molecule has 0 aromatic heterocycles. The maximum atomic E-state index is 12.2. The molecule has 0 saturated carbocycles. The van der Waals surface area contributed by atoms with Gasteiger partial charge in [-0.25, -0.2) is 0 Å². The van der Waals surface area contributed by atoms with Gasteiger partial charge in [-0.15, -0.1) is 0 Å². The van der Waals surface area contributed by atoms with Crippen LogP contribution in [0.4, 0.5) is 0 Å². The summed E-state index contributed by atoms with van der Waals surface area (Å²) in [4.78, 5) is 14.2. The van der Waals surface area contributed by atoms with E-state index >= 15 is 0 Å². The van der Waals surface area contributed by atoms with Crippen molar-refractivity contribution in [1.82, 2.24) is 10.2 Å². The molecule has 0 radical (unpaired) electrons. The minimum atomic E-state index is 0.0324. The molecule has 100 valence electrons. The Morgan fingerprint density at radius 1 is 1.24 bits per heavy atom. The lowest BCUT2D eigenvalue weighted by Gasteiger charge is -2.31. The summed E-state index contributed by atoms with van der Waals surface area (Å²) < 4.78 is 0. The first-order chi connectivity index (χ1) is 7.88. The first kappa shape index (κ1) is 14.5. The van der Waals surface area contributed by atoms with E-state index in [1.54, 1.807) is 0 Å². The van der Waals surface area contributed by atoms with Gasteiger partial charge >= 0.3 is 0 Å². The lowest BCUT2D eigenvalue weighted by molar-refractivity contribution is -0.130. The van der Waals surface area contributed by atoms with E-state index in [1.165, 1.54) is 0 Å². The summed E-state index contributed by atoms with van der Waals surface area (Å²) in [5.41, 5.74) is 0. The Bertz CT molecular complexity index is 255. The minimum Gasteiger partial charge on any atom is -0.326 e. The number of hydrogen-bond acceptors (Lipinski definition) is 2. The quantitative estimate of drug-likeness (QED) is 0.800. The topological polar surface area (TPSA) is 32.3 Å². The summed E-state index contributed by atoms with van der Waals surface area (Å²) in [6, 6.07) is 0.0324. The maximum Gasteiger partial charge on any atom is 0.241 e. The maximum absolute atomic E-state index is 12.2. The molecule has 3 heteroatoms. The first-order valence-electron chi connectivity index (χ1n) is 6.95. The van der Waals surface area contributed by atoms with Crippen molar-refractivity contribution in [3.8, 4) is 0 Å². The van der Waals surface area contributed by atoms with Gasteiger partial charge in [-0.1, -0.05) is 34.6 Å². The van der Waals surface area contributed by atoms with Gasteiger partial charge in [-0.2, -0.15) is 0 Å². The SMILES string of the molecule is CCC1NC(C)N(CC(C(C)C)C(C)C)C1=O. The Kier molecular flexibility index (Phi) is 4.99. The van der Waals surface area contributed by atoms with Crippen molar-refractivity contribution in [2.24, 2.45) is 17.8 Å². The molecule has 2 unspecified atom stereocenters. The molecule has 0 aliphatic carbocycles. The molecule has 1 N–H and O–H groups in total. The van der Waals surface area contributed by atoms with Gasteiger partial charge in [0.15, 0.2) is 0 Å². The van der Waals surface area contributed by atoms with Gasteiger partial charge in [-0.05, 0) is 31.1 Å². The number of carbonyl (C=O) groups excluding carboxylic acids is 1. The molecule has 1 heterocycles. The molecule has 0 bridgehead atoms. The molecule has 1 saturated heterocycles. The molecule has 0 aromatic rings. The van der Waals surface area contributed by atoms with E-state index in [9.17, 15) is 4.79 Å². The van der Waals surface area contributed by atoms with Gasteiger partial charge in [0.1, 0.15) is 0 Å². The van der Waals surface area contributed by atoms with Crippen molar-refractivity contribution in [3.05, 3.63) is 0 Å². The summed E-state index contributed by atoms with van der Waals surface area (Å²) in [7, 11) is 0. The van der Waals surface area contributed by atoms with Crippen LogP contribution in [0.3, 0.4) is 0 Å². The third-order valence-electron chi connectivity index (χ3n) is 4.02. The fraction of sp³-hybridized carbons (Fsp3) is 0.929. The van der Waals surface area contributed by atoms with Crippen LogP contribution in [-0.2, 0) is 4.79 Å². The summed E-state index contributed by atoms with van der Waals surface area (Å²) in [6.45, 7) is 14.0. The first-order valence-corrected chi connectivity index (χ1v) is 6.95. The zero-order valence-electron chi connectivity index (χ0n) is 12.2. The Labute approximate surface area is 106 Å². The molecular weight excluding hydrogens is 212 g/mol. The van der Waals surface area contributed by atoms with Gasteiger partial charge in [-0.3, -0.25) is 10.1 Å². The summed E-state index contributed by atoms with van der Waals surface area (Å²) in [5, 5.41) is 3.36. The molecule has 1 aliphatic rings. The fourth-order valence-electron chi connectivity index (χ4n) is 2.80. The number of rotatable bonds is 5. The zero-order valence-corrected chi connectivity index (χ0v) is 12.2. The van der Waals surface area contributed by atoms with Gasteiger partial charge in [0.05, 0.1) is 12.2 Å². The Morgan fingerprint density at radius 2 is 1.76 bits per heavy atom. The van der Waals surface area contributed by atoms with Gasteiger partial charge in [0.2, 0.25) is 5.91 Å². The van der Waals surface area contributed by atoms with Crippen molar-refractivity contribution < 1.29 is 4.79 Å². The van der Waals surface area contributed by atoms with Crippen LogP contribution in [0.25, 0.3) is 0 Å². The van der Waals surface area contributed by atoms with Crippen molar-refractivity contribution in [3.63, 3.8) is 0 Å². The highest BCUT2D eigenvalue weighted by atomic mass is 16.2. The van der Waals surface area contributed by atoms with E-state index in [-0.39, 0.29) is 18.1 Å². The van der Waals surface area contributed by atoms with Crippen LogP contribution < -0.4 is 5.32 Å². The predicted octanol–water partition coefficient (Wildman–Crippen LogP) is 2.47. The average Bonchev–Trinajstić information content (AvgIpc) is 2.50. The van der Waals surface area contributed by atoms with Gasteiger partial charge in [0.25, 0.3) is 0 Å². The molecular formula is C14H28N2O. The van der Waals surface area contributed by atoms with Crippen molar-refractivity contribution in [2.75, 3.05) is 6.54 Å². The molecule has 17 heavy (non-hydrogen) atoms. The van der Waals surface area contributed by atoms with Crippen LogP contribution >= 0.6 is 0 Å². The summed E-state index contributed by atoms with van der Waals surface area (Å²) in [5.74, 6) is 2.11. The molecule has 0 spiro atoms. The largest absolute Gasteiger partial charge is 0.326 e. The van der Waals surface area contributed by atoms with Crippen LogP contribution in [0.15, 0.2) is 0 Å². The molecule has 3 nitrogen and oxygen atoms in total. The standard InChI is InChI=1S/C14H28N2O/c1-7-13-14(17)16(11(6)15-13)8-12(9(2)3)10(4)5/h9-13,15H,7-8H2,1-6H3. The fourth-order valence-corrected chi connectivity index (χ4v) is 2.80. The second-order valence-electron chi connectivity index (χ2n) is 5.95. The number of carbonyl (C=O) groups is 1. The van der Waals surface area contributed by atoms with E-state index < -0.39 is 0 Å². The van der Waals surface area contributed by atoms with Crippen LogP contribution in [0.2, 0.25) is 0 Å². The lowest BCUT2D eigenvalue weighted by Crippen LogP contribution is -2.41. The van der Waals surface area contributed by atoms with Crippen LogP contribution in [-0.4, -0.2) is 29.6 Å². The third-order valence-corrected chi connectivity index (χ3v) is 4.02. The van der Waals surface area contributed by atoms with Crippen LogP contribution in [0.1, 0.15) is 48.0 Å². The van der Waals surface area contributed by atoms with Crippen molar-refractivity contribution in [2.45, 2.75) is 60.2 Å². The number of nitrogens with one attached hydrogen (secondary N) is 1. The van der Waals surface area contributed by atoms with Crippen molar-refractivity contribution in [1.29, 1.82) is 0 Å². The normalized spacial score (nSPS) is 25.7. The van der Waals surface area contributed by atoms with E-state index in [2.05, 4.69) is 46.9 Å². The predicted molar refractivity (Wildman–Crippen MR) is 71.6 cm³/mol. The van der Waals surface area contributed by atoms with E-state index in [0.29, 0.717) is 17.8 Å². The molecule has 0 aromatic carbocycles. The summed E-state index contributed by atoms with van der Waals surface area (Å²) in [6.07, 6.45) is 1.07. The Hall–Kier alpha value is -0.570. The van der Waals surface area contributed by atoms with Crippen molar-refractivity contribution >= 4 is 5.91 Å². The second-order valence-corrected chi connectivity index (χ2v) is 5.95. The van der Waals surface area contributed by atoms with Crippen LogP contribution in [0, 0.1) is 17.8 Å². The highest BCUT2D eigenvalue weighted by molar-refractivity contribution is 5.84. The lowest BCUT2D eigenvalue weighted by atomic mass is 9.85. The second kappa shape index (κ2) is 5.85. The number of hydrogen-bond donors (Lipinski definition) is 1. The van der Waals surface area contributed by atoms with E-state index in [4.69, 9.17) is 0 Å². The average molecular weight is 240 g/mol. The molecule has 1 amide bonds. The summed E-state index contributed by atoms with van der Waals surface area (Å²) >= 11 is 0. The zero-order chi connectivity index (χ0) is 13.2.